The van der Waals surface area contributed by atoms with E-state index in [0.717, 1.165) is 11.1 Å². The first-order valence-electron chi connectivity index (χ1n) is 8.99. The quantitative estimate of drug-likeness (QED) is 0.610. The van der Waals surface area contributed by atoms with Gasteiger partial charge >= 0.3 is 0 Å². The maximum atomic E-state index is 10.7. The van der Waals surface area contributed by atoms with Gasteiger partial charge in [-0.25, -0.2) is 0 Å². The van der Waals surface area contributed by atoms with Crippen LogP contribution in [0.5, 0.6) is 5.75 Å². The fraction of sp³-hybridized carbons (Fsp3) is 0.476. The van der Waals surface area contributed by atoms with Gasteiger partial charge in [-0.3, -0.25) is 4.98 Å². The predicted octanol–water partition coefficient (Wildman–Crippen LogP) is 6.41. The van der Waals surface area contributed by atoms with Gasteiger partial charge in [-0.1, -0.05) is 61.5 Å². The number of hydrogen-bond acceptors (Lipinski definition) is 5. The lowest BCUT2D eigenvalue weighted by Gasteiger charge is -2.26. The highest BCUT2D eigenvalue weighted by molar-refractivity contribution is 5.62. The Labute approximate surface area is 157 Å². The van der Waals surface area contributed by atoms with Crippen molar-refractivity contribution in [3.63, 3.8) is 0 Å². The van der Waals surface area contributed by atoms with Crippen LogP contribution in [0.25, 0.3) is 0 Å². The number of phenolic OH excluding ortho intramolecular Hbond substituents is 1. The molecule has 0 saturated heterocycles. The fourth-order valence-electron chi connectivity index (χ4n) is 2.29. The minimum atomic E-state index is -0.205. The van der Waals surface area contributed by atoms with E-state index in [1.165, 1.54) is 0 Å². The van der Waals surface area contributed by atoms with Crippen LogP contribution in [0.1, 0.15) is 66.5 Å². The van der Waals surface area contributed by atoms with Gasteiger partial charge in [-0.15, -0.1) is 10.2 Å². The van der Waals surface area contributed by atoms with Crippen molar-refractivity contribution in [2.45, 2.75) is 66.2 Å². The average Bonchev–Trinajstić information content (AvgIpc) is 2.55. The summed E-state index contributed by atoms with van der Waals surface area (Å²) in [7, 11) is 0. The molecule has 1 heterocycles. The molecule has 0 spiro atoms. The van der Waals surface area contributed by atoms with Gasteiger partial charge in [0.25, 0.3) is 0 Å². The summed E-state index contributed by atoms with van der Waals surface area (Å²) < 4.78 is 0. The number of aromatic nitrogens is 1. The van der Waals surface area contributed by atoms with Gasteiger partial charge in [-0.2, -0.15) is 0 Å². The number of rotatable bonds is 2. The molecule has 2 aromatic rings. The third-order valence-corrected chi connectivity index (χ3v) is 3.86. The van der Waals surface area contributed by atoms with Gasteiger partial charge in [0, 0.05) is 11.8 Å². The number of anilines is 1. The molecule has 0 unspecified atom stereocenters. The van der Waals surface area contributed by atoms with Crippen LogP contribution in [0, 0.1) is 0 Å². The summed E-state index contributed by atoms with van der Waals surface area (Å²) in [5.74, 6) is 0.154. The van der Waals surface area contributed by atoms with Gasteiger partial charge in [0.1, 0.15) is 17.1 Å². The van der Waals surface area contributed by atoms with Gasteiger partial charge in [0.05, 0.1) is 11.9 Å². The van der Waals surface area contributed by atoms with Crippen LogP contribution in [-0.4, -0.2) is 10.1 Å². The fourth-order valence-corrected chi connectivity index (χ4v) is 2.29. The SMILES string of the molecule is CC.CC(C)(C)c1cc(N=Nc2cnccc2N)c(O)c(C(C)(C)C)c1. The molecule has 0 fully saturated rings. The zero-order chi connectivity index (χ0) is 20.1. The Morgan fingerprint density at radius 2 is 1.50 bits per heavy atom. The van der Waals surface area contributed by atoms with Crippen molar-refractivity contribution in [3.8, 4) is 5.75 Å². The summed E-state index contributed by atoms with van der Waals surface area (Å²) in [6.07, 6.45) is 3.15. The van der Waals surface area contributed by atoms with E-state index in [4.69, 9.17) is 5.73 Å². The van der Waals surface area contributed by atoms with Crippen LogP contribution in [0.2, 0.25) is 0 Å². The van der Waals surface area contributed by atoms with Gasteiger partial charge < -0.3 is 10.8 Å². The summed E-state index contributed by atoms with van der Waals surface area (Å²) in [4.78, 5) is 4.00. The first-order valence-corrected chi connectivity index (χ1v) is 8.99. The van der Waals surface area contributed by atoms with E-state index in [9.17, 15) is 5.11 Å². The first-order chi connectivity index (χ1) is 12.0. The van der Waals surface area contributed by atoms with E-state index in [0.29, 0.717) is 17.1 Å². The molecule has 0 radical (unpaired) electrons. The second-order valence-electron chi connectivity index (χ2n) is 8.03. The molecule has 5 nitrogen and oxygen atoms in total. The average molecular weight is 357 g/mol. The Morgan fingerprint density at radius 1 is 0.923 bits per heavy atom. The van der Waals surface area contributed by atoms with Crippen LogP contribution in [0.4, 0.5) is 17.1 Å². The Balaban J connectivity index is 0.00000163. The van der Waals surface area contributed by atoms with Gasteiger partial charge in [-0.05, 0) is 28.5 Å². The Hall–Kier alpha value is -2.43. The highest BCUT2D eigenvalue weighted by atomic mass is 16.3. The number of nitrogens with two attached hydrogens (primary N) is 1. The van der Waals surface area contributed by atoms with Crippen molar-refractivity contribution in [1.82, 2.24) is 4.98 Å². The Morgan fingerprint density at radius 3 is 2.00 bits per heavy atom. The smallest absolute Gasteiger partial charge is 0.146 e. The molecule has 0 amide bonds. The molecule has 2 rings (SSSR count). The number of benzene rings is 1. The minimum absolute atomic E-state index is 0.0642. The van der Waals surface area contributed by atoms with Gasteiger partial charge in [0.2, 0.25) is 0 Å². The Kier molecular flexibility index (Phi) is 6.90. The summed E-state index contributed by atoms with van der Waals surface area (Å²) in [5.41, 5.74) is 8.96. The second-order valence-corrected chi connectivity index (χ2v) is 8.03. The van der Waals surface area contributed by atoms with E-state index >= 15 is 0 Å². The van der Waals surface area contributed by atoms with Crippen molar-refractivity contribution in [2.24, 2.45) is 10.2 Å². The lowest BCUT2D eigenvalue weighted by atomic mass is 9.80. The number of aromatic hydroxyl groups is 1. The number of nitrogen functional groups attached to an aromatic ring is 1. The molecular weight excluding hydrogens is 324 g/mol. The molecule has 0 atom stereocenters. The largest absolute Gasteiger partial charge is 0.505 e. The van der Waals surface area contributed by atoms with E-state index in [2.05, 4.69) is 56.8 Å². The number of nitrogens with zero attached hydrogens (tertiary/aromatic N) is 3. The van der Waals surface area contributed by atoms with Crippen molar-refractivity contribution >= 4 is 17.1 Å². The molecule has 142 valence electrons. The van der Waals surface area contributed by atoms with Crippen LogP contribution >= 0.6 is 0 Å². The van der Waals surface area contributed by atoms with E-state index in [-0.39, 0.29) is 16.6 Å². The predicted molar refractivity (Wildman–Crippen MR) is 110 cm³/mol. The normalized spacial score (nSPS) is 12.0. The molecule has 1 aromatic carbocycles. The highest BCUT2D eigenvalue weighted by Crippen LogP contribution is 2.42. The summed E-state index contributed by atoms with van der Waals surface area (Å²) in [6, 6.07) is 5.59. The van der Waals surface area contributed by atoms with E-state index in [1.54, 1.807) is 18.5 Å². The van der Waals surface area contributed by atoms with Crippen molar-refractivity contribution < 1.29 is 5.11 Å². The zero-order valence-corrected chi connectivity index (χ0v) is 17.3. The third-order valence-electron chi connectivity index (χ3n) is 3.86. The molecule has 0 aliphatic carbocycles. The first kappa shape index (κ1) is 21.6. The molecule has 5 heteroatoms. The minimum Gasteiger partial charge on any atom is -0.505 e. The van der Waals surface area contributed by atoms with Crippen LogP contribution in [0.3, 0.4) is 0 Å². The molecule has 0 aliphatic heterocycles. The molecule has 26 heavy (non-hydrogen) atoms. The van der Waals surface area contributed by atoms with Crippen molar-refractivity contribution in [1.29, 1.82) is 0 Å². The summed E-state index contributed by atoms with van der Waals surface area (Å²) in [6.45, 7) is 16.6. The molecule has 0 saturated carbocycles. The van der Waals surface area contributed by atoms with E-state index < -0.39 is 0 Å². The zero-order valence-electron chi connectivity index (χ0n) is 17.3. The standard InChI is InChI=1S/C19H26N4O.C2H6/c1-18(2,3)12-9-13(19(4,5)6)17(24)15(10-12)22-23-16-11-21-8-7-14(16)20;1-2/h7-11,24H,1-6H3,(H2,20,21);1-2H3. The maximum absolute atomic E-state index is 10.7. The molecular formula is C21H32N4O. The molecule has 0 bridgehead atoms. The van der Waals surface area contributed by atoms with Crippen LogP contribution in [-0.2, 0) is 10.8 Å². The number of azo groups is 1. The van der Waals surface area contributed by atoms with Crippen LogP contribution < -0.4 is 5.73 Å². The monoisotopic (exact) mass is 356 g/mol. The molecule has 1 aromatic heterocycles. The lowest BCUT2D eigenvalue weighted by Crippen LogP contribution is -2.16. The molecule has 0 aliphatic rings. The van der Waals surface area contributed by atoms with E-state index in [1.807, 2.05) is 26.0 Å². The van der Waals surface area contributed by atoms with Crippen molar-refractivity contribution in [2.75, 3.05) is 5.73 Å². The van der Waals surface area contributed by atoms with Crippen LogP contribution in [0.15, 0.2) is 40.8 Å². The summed E-state index contributed by atoms with van der Waals surface area (Å²) in [5, 5.41) is 19.1. The number of pyridine rings is 1. The lowest BCUT2D eigenvalue weighted by molar-refractivity contribution is 0.446. The third kappa shape index (κ3) is 5.28. The topological polar surface area (TPSA) is 83.9 Å². The van der Waals surface area contributed by atoms with Crippen molar-refractivity contribution in [3.05, 3.63) is 41.7 Å². The second kappa shape index (κ2) is 8.30. The molecule has 3 N–H and O–H groups in total. The maximum Gasteiger partial charge on any atom is 0.146 e. The number of phenols is 1. The van der Waals surface area contributed by atoms with Gasteiger partial charge in [0.15, 0.2) is 0 Å². The Bertz CT molecular complexity index is 769. The highest BCUT2D eigenvalue weighted by Gasteiger charge is 2.25. The summed E-state index contributed by atoms with van der Waals surface area (Å²) >= 11 is 0. The number of hydrogen-bond donors (Lipinski definition) is 2.